The van der Waals surface area contributed by atoms with Crippen molar-refractivity contribution in [2.75, 3.05) is 19.6 Å². The standard InChI is InChI=1S/C17H18Cl2N2O2/c1-4-15(11-5-8-16(22-2)17(9-11)23-3)21-20-12-6-7-13(18)14(19)10-12/h5-10,20H,4H2,1-3H3/b21-15+. The molecule has 0 aliphatic rings. The Balaban J connectivity index is 2.26. The van der Waals surface area contributed by atoms with Gasteiger partial charge in [0.25, 0.3) is 0 Å². The van der Waals surface area contributed by atoms with Crippen LogP contribution < -0.4 is 14.9 Å². The van der Waals surface area contributed by atoms with Gasteiger partial charge in [0.2, 0.25) is 0 Å². The third kappa shape index (κ3) is 4.30. The van der Waals surface area contributed by atoms with Gasteiger partial charge in [-0.3, -0.25) is 5.43 Å². The lowest BCUT2D eigenvalue weighted by Gasteiger charge is -2.11. The molecule has 0 radical (unpaired) electrons. The molecular weight excluding hydrogens is 335 g/mol. The number of benzene rings is 2. The maximum absolute atomic E-state index is 6.00. The highest BCUT2D eigenvalue weighted by Gasteiger charge is 2.08. The minimum Gasteiger partial charge on any atom is -0.493 e. The zero-order valence-electron chi connectivity index (χ0n) is 13.2. The molecule has 0 aliphatic heterocycles. The summed E-state index contributed by atoms with van der Waals surface area (Å²) in [7, 11) is 3.22. The van der Waals surface area contributed by atoms with E-state index in [0.29, 0.717) is 21.5 Å². The lowest BCUT2D eigenvalue weighted by atomic mass is 10.1. The van der Waals surface area contributed by atoms with Gasteiger partial charge in [0, 0.05) is 5.56 Å². The highest BCUT2D eigenvalue weighted by Crippen LogP contribution is 2.28. The Bertz CT molecular complexity index is 718. The van der Waals surface area contributed by atoms with Crippen molar-refractivity contribution in [3.8, 4) is 11.5 Å². The van der Waals surface area contributed by atoms with Crippen molar-refractivity contribution in [2.45, 2.75) is 13.3 Å². The van der Waals surface area contributed by atoms with Crippen molar-refractivity contribution in [1.82, 2.24) is 0 Å². The van der Waals surface area contributed by atoms with Gasteiger partial charge in [0.15, 0.2) is 11.5 Å². The molecule has 23 heavy (non-hydrogen) atoms. The van der Waals surface area contributed by atoms with Gasteiger partial charge < -0.3 is 9.47 Å². The van der Waals surface area contributed by atoms with Gasteiger partial charge in [-0.25, -0.2) is 0 Å². The van der Waals surface area contributed by atoms with Crippen LogP contribution in [0.5, 0.6) is 11.5 Å². The molecule has 6 heteroatoms. The van der Waals surface area contributed by atoms with Gasteiger partial charge in [-0.15, -0.1) is 0 Å². The van der Waals surface area contributed by atoms with E-state index in [0.717, 1.165) is 23.4 Å². The number of hydrazone groups is 1. The van der Waals surface area contributed by atoms with E-state index in [1.807, 2.05) is 31.2 Å². The average Bonchev–Trinajstić information content (AvgIpc) is 2.58. The summed E-state index contributed by atoms with van der Waals surface area (Å²) in [6.45, 7) is 2.03. The minimum absolute atomic E-state index is 0.482. The molecule has 0 saturated carbocycles. The number of nitrogens with one attached hydrogen (secondary N) is 1. The summed E-state index contributed by atoms with van der Waals surface area (Å²) < 4.78 is 10.6. The molecule has 0 heterocycles. The first-order chi connectivity index (χ1) is 11.1. The maximum atomic E-state index is 6.00. The summed E-state index contributed by atoms with van der Waals surface area (Å²) in [5, 5.41) is 5.45. The van der Waals surface area contributed by atoms with E-state index in [1.54, 1.807) is 26.4 Å². The summed E-state index contributed by atoms with van der Waals surface area (Å²) in [5.41, 5.74) is 5.61. The third-order valence-electron chi connectivity index (χ3n) is 3.29. The van der Waals surface area contributed by atoms with Crippen LogP contribution in [-0.2, 0) is 0 Å². The largest absolute Gasteiger partial charge is 0.493 e. The second-order valence-electron chi connectivity index (χ2n) is 4.72. The van der Waals surface area contributed by atoms with Crippen molar-refractivity contribution < 1.29 is 9.47 Å². The number of nitrogens with zero attached hydrogens (tertiary/aromatic N) is 1. The number of methoxy groups -OCH3 is 2. The molecule has 2 aromatic rings. The van der Waals surface area contributed by atoms with Crippen molar-refractivity contribution in [3.63, 3.8) is 0 Å². The van der Waals surface area contributed by atoms with Crippen LogP contribution >= 0.6 is 23.2 Å². The minimum atomic E-state index is 0.482. The smallest absolute Gasteiger partial charge is 0.161 e. The summed E-state index contributed by atoms with van der Waals surface area (Å²) in [5.74, 6) is 1.35. The summed E-state index contributed by atoms with van der Waals surface area (Å²) >= 11 is 11.9. The first-order valence-corrected chi connectivity index (χ1v) is 7.84. The van der Waals surface area contributed by atoms with Gasteiger partial charge in [-0.05, 0) is 42.8 Å². The molecule has 0 aliphatic carbocycles. The van der Waals surface area contributed by atoms with Crippen LogP contribution in [0.4, 0.5) is 5.69 Å². The highest BCUT2D eigenvalue weighted by molar-refractivity contribution is 6.42. The normalized spacial score (nSPS) is 11.3. The summed E-state index contributed by atoms with van der Waals surface area (Å²) in [6.07, 6.45) is 0.754. The second kappa shape index (κ2) is 8.09. The predicted octanol–water partition coefficient (Wildman–Crippen LogP) is 5.24. The molecule has 4 nitrogen and oxygen atoms in total. The number of rotatable bonds is 6. The van der Waals surface area contributed by atoms with E-state index in [9.17, 15) is 0 Å². The average molecular weight is 353 g/mol. The molecule has 0 amide bonds. The van der Waals surface area contributed by atoms with E-state index < -0.39 is 0 Å². The number of ether oxygens (including phenoxy) is 2. The molecule has 0 bridgehead atoms. The third-order valence-corrected chi connectivity index (χ3v) is 4.03. The first-order valence-electron chi connectivity index (χ1n) is 7.09. The van der Waals surface area contributed by atoms with Crippen LogP contribution in [0.15, 0.2) is 41.5 Å². The first kappa shape index (κ1) is 17.4. The number of hydrogen-bond donors (Lipinski definition) is 1. The predicted molar refractivity (Wildman–Crippen MR) is 96.5 cm³/mol. The fourth-order valence-corrected chi connectivity index (χ4v) is 2.36. The number of hydrogen-bond acceptors (Lipinski definition) is 4. The molecular formula is C17H18Cl2N2O2. The van der Waals surface area contributed by atoms with Crippen LogP contribution in [-0.4, -0.2) is 19.9 Å². The fourth-order valence-electron chi connectivity index (χ4n) is 2.06. The van der Waals surface area contributed by atoms with E-state index in [1.165, 1.54) is 0 Å². The molecule has 2 aromatic carbocycles. The topological polar surface area (TPSA) is 42.9 Å². The molecule has 0 fully saturated rings. The van der Waals surface area contributed by atoms with Crippen molar-refractivity contribution >= 4 is 34.6 Å². The SMILES string of the molecule is CC/C(=N\Nc1ccc(Cl)c(Cl)c1)c1ccc(OC)c(OC)c1. The molecule has 0 unspecified atom stereocenters. The van der Waals surface area contributed by atoms with Crippen LogP contribution in [0.2, 0.25) is 10.0 Å². The zero-order valence-corrected chi connectivity index (χ0v) is 14.7. The lowest BCUT2D eigenvalue weighted by Crippen LogP contribution is -2.04. The van der Waals surface area contributed by atoms with E-state index in [4.69, 9.17) is 32.7 Å². The Morgan fingerprint density at radius 3 is 2.35 bits per heavy atom. The fraction of sp³-hybridized carbons (Fsp3) is 0.235. The molecule has 0 aromatic heterocycles. The number of halogens is 2. The summed E-state index contributed by atoms with van der Waals surface area (Å²) in [4.78, 5) is 0. The molecule has 2 rings (SSSR count). The highest BCUT2D eigenvalue weighted by atomic mass is 35.5. The number of anilines is 1. The second-order valence-corrected chi connectivity index (χ2v) is 5.54. The molecule has 0 saturated heterocycles. The monoisotopic (exact) mass is 352 g/mol. The Morgan fingerprint density at radius 1 is 1.00 bits per heavy atom. The van der Waals surface area contributed by atoms with Gasteiger partial charge >= 0.3 is 0 Å². The van der Waals surface area contributed by atoms with Crippen LogP contribution in [0.25, 0.3) is 0 Å². The maximum Gasteiger partial charge on any atom is 0.161 e. The van der Waals surface area contributed by atoms with Gasteiger partial charge in [0.05, 0.1) is 35.7 Å². The van der Waals surface area contributed by atoms with E-state index in [2.05, 4.69) is 10.5 Å². The van der Waals surface area contributed by atoms with E-state index in [-0.39, 0.29) is 0 Å². The van der Waals surface area contributed by atoms with Gasteiger partial charge in [0.1, 0.15) is 0 Å². The van der Waals surface area contributed by atoms with E-state index >= 15 is 0 Å². The molecule has 1 N–H and O–H groups in total. The summed E-state index contributed by atoms with van der Waals surface area (Å²) in [6, 6.07) is 11.0. The molecule has 122 valence electrons. The van der Waals surface area contributed by atoms with Gasteiger partial charge in [-0.2, -0.15) is 5.10 Å². The Hall–Kier alpha value is -1.91. The zero-order chi connectivity index (χ0) is 16.8. The Morgan fingerprint density at radius 2 is 1.74 bits per heavy atom. The van der Waals surface area contributed by atoms with Crippen molar-refractivity contribution in [2.24, 2.45) is 5.10 Å². The van der Waals surface area contributed by atoms with Crippen molar-refractivity contribution in [1.29, 1.82) is 0 Å². The Kier molecular flexibility index (Phi) is 6.13. The van der Waals surface area contributed by atoms with Crippen LogP contribution in [0.1, 0.15) is 18.9 Å². The van der Waals surface area contributed by atoms with Gasteiger partial charge in [-0.1, -0.05) is 30.1 Å². The molecule has 0 spiro atoms. The lowest BCUT2D eigenvalue weighted by molar-refractivity contribution is 0.355. The Labute approximate surface area is 146 Å². The van der Waals surface area contributed by atoms with Crippen LogP contribution in [0.3, 0.4) is 0 Å². The van der Waals surface area contributed by atoms with Crippen molar-refractivity contribution in [3.05, 3.63) is 52.0 Å². The van der Waals surface area contributed by atoms with Crippen LogP contribution in [0, 0.1) is 0 Å². The molecule has 0 atom stereocenters. The quantitative estimate of drug-likeness (QED) is 0.571.